The fraction of sp³-hybridized carbons (Fsp3) is 0.294. The molecule has 0 spiro atoms. The fourth-order valence-corrected chi connectivity index (χ4v) is 2.59. The molecule has 0 aromatic heterocycles. The van der Waals surface area contributed by atoms with Crippen molar-refractivity contribution in [3.8, 4) is 11.5 Å². The minimum absolute atomic E-state index is 0.707. The molecular formula is C17H18ClNO2. The van der Waals surface area contributed by atoms with E-state index < -0.39 is 0 Å². The standard InChI is InChI=1S/C17H18ClNO2/c18-15-6-1-4-13(10-15)11-19-12-14-5-2-7-16-17(14)21-9-3-8-20-16/h1-2,4-7,10,19H,3,8-9,11-12H2. The van der Waals surface area contributed by atoms with Gasteiger partial charge < -0.3 is 14.8 Å². The summed E-state index contributed by atoms with van der Waals surface area (Å²) in [5.41, 5.74) is 2.29. The molecule has 0 fully saturated rings. The summed E-state index contributed by atoms with van der Waals surface area (Å²) in [5, 5.41) is 4.19. The largest absolute Gasteiger partial charge is 0.490 e. The van der Waals surface area contributed by atoms with Crippen molar-refractivity contribution in [1.82, 2.24) is 5.32 Å². The Hall–Kier alpha value is -1.71. The van der Waals surface area contributed by atoms with E-state index in [0.717, 1.165) is 41.6 Å². The molecule has 4 heteroatoms. The van der Waals surface area contributed by atoms with Gasteiger partial charge in [0.25, 0.3) is 0 Å². The third-order valence-electron chi connectivity index (χ3n) is 3.39. The maximum absolute atomic E-state index is 5.99. The summed E-state index contributed by atoms with van der Waals surface area (Å²) in [6.45, 7) is 2.93. The first-order valence-electron chi connectivity index (χ1n) is 7.15. The number of para-hydroxylation sites is 1. The average Bonchev–Trinajstić information content (AvgIpc) is 2.73. The van der Waals surface area contributed by atoms with Crippen LogP contribution in [0.2, 0.25) is 5.02 Å². The van der Waals surface area contributed by atoms with Crippen LogP contribution in [0.3, 0.4) is 0 Å². The van der Waals surface area contributed by atoms with E-state index in [1.807, 2.05) is 30.3 Å². The topological polar surface area (TPSA) is 30.5 Å². The Morgan fingerprint density at radius 1 is 1.00 bits per heavy atom. The van der Waals surface area contributed by atoms with Gasteiger partial charge >= 0.3 is 0 Å². The maximum atomic E-state index is 5.99. The first-order valence-corrected chi connectivity index (χ1v) is 7.53. The lowest BCUT2D eigenvalue weighted by molar-refractivity contribution is 0.296. The van der Waals surface area contributed by atoms with Crippen LogP contribution < -0.4 is 14.8 Å². The van der Waals surface area contributed by atoms with Crippen molar-refractivity contribution >= 4 is 11.6 Å². The van der Waals surface area contributed by atoms with Gasteiger partial charge in [0.2, 0.25) is 0 Å². The fourth-order valence-electron chi connectivity index (χ4n) is 2.38. The van der Waals surface area contributed by atoms with Gasteiger partial charge in [0.15, 0.2) is 11.5 Å². The van der Waals surface area contributed by atoms with Crippen LogP contribution in [0.1, 0.15) is 17.5 Å². The number of nitrogens with one attached hydrogen (secondary N) is 1. The lowest BCUT2D eigenvalue weighted by Crippen LogP contribution is -2.13. The van der Waals surface area contributed by atoms with Crippen LogP contribution in [0, 0.1) is 0 Å². The van der Waals surface area contributed by atoms with Crippen LogP contribution in [0.4, 0.5) is 0 Å². The number of rotatable bonds is 4. The van der Waals surface area contributed by atoms with Crippen molar-refractivity contribution in [2.45, 2.75) is 19.5 Å². The first kappa shape index (κ1) is 14.2. The van der Waals surface area contributed by atoms with Crippen molar-refractivity contribution in [3.05, 3.63) is 58.6 Å². The third-order valence-corrected chi connectivity index (χ3v) is 3.62. The van der Waals surface area contributed by atoms with Gasteiger partial charge in [0.05, 0.1) is 13.2 Å². The van der Waals surface area contributed by atoms with E-state index in [4.69, 9.17) is 21.1 Å². The number of hydrogen-bond donors (Lipinski definition) is 1. The van der Waals surface area contributed by atoms with Gasteiger partial charge in [0.1, 0.15) is 0 Å². The maximum Gasteiger partial charge on any atom is 0.165 e. The molecule has 2 aromatic carbocycles. The van der Waals surface area contributed by atoms with Gasteiger partial charge in [-0.2, -0.15) is 0 Å². The molecule has 1 aliphatic heterocycles. The minimum atomic E-state index is 0.707. The summed E-state index contributed by atoms with van der Waals surface area (Å²) in [6, 6.07) is 13.9. The molecule has 1 heterocycles. The zero-order chi connectivity index (χ0) is 14.5. The predicted octanol–water partition coefficient (Wildman–Crippen LogP) is 3.79. The van der Waals surface area contributed by atoms with Gasteiger partial charge in [0, 0.05) is 30.1 Å². The summed E-state index contributed by atoms with van der Waals surface area (Å²) in [7, 11) is 0. The molecule has 0 radical (unpaired) electrons. The summed E-state index contributed by atoms with van der Waals surface area (Å²) in [5.74, 6) is 1.71. The van der Waals surface area contributed by atoms with Crippen LogP contribution in [0.5, 0.6) is 11.5 Å². The zero-order valence-electron chi connectivity index (χ0n) is 11.8. The molecule has 0 atom stereocenters. The van der Waals surface area contributed by atoms with E-state index in [2.05, 4.69) is 17.4 Å². The van der Waals surface area contributed by atoms with Gasteiger partial charge in [-0.3, -0.25) is 0 Å². The predicted molar refractivity (Wildman–Crippen MR) is 84.0 cm³/mol. The van der Waals surface area contributed by atoms with Crippen molar-refractivity contribution in [3.63, 3.8) is 0 Å². The molecule has 0 bridgehead atoms. The number of hydrogen-bond acceptors (Lipinski definition) is 3. The second-order valence-corrected chi connectivity index (χ2v) is 5.46. The average molecular weight is 304 g/mol. The number of fused-ring (bicyclic) bond motifs is 1. The molecule has 110 valence electrons. The summed E-state index contributed by atoms with van der Waals surface area (Å²) >= 11 is 5.99. The van der Waals surface area contributed by atoms with Crippen LogP contribution in [0.15, 0.2) is 42.5 Å². The molecule has 0 unspecified atom stereocenters. The van der Waals surface area contributed by atoms with E-state index >= 15 is 0 Å². The van der Waals surface area contributed by atoms with Crippen molar-refractivity contribution < 1.29 is 9.47 Å². The molecular weight excluding hydrogens is 286 g/mol. The van der Waals surface area contributed by atoms with Crippen LogP contribution in [-0.2, 0) is 13.1 Å². The summed E-state index contributed by atoms with van der Waals surface area (Å²) < 4.78 is 11.5. The zero-order valence-corrected chi connectivity index (χ0v) is 12.5. The monoisotopic (exact) mass is 303 g/mol. The van der Waals surface area contributed by atoms with E-state index in [9.17, 15) is 0 Å². The number of benzene rings is 2. The van der Waals surface area contributed by atoms with Crippen molar-refractivity contribution in [1.29, 1.82) is 0 Å². The highest BCUT2D eigenvalue weighted by molar-refractivity contribution is 6.30. The molecule has 3 rings (SSSR count). The molecule has 21 heavy (non-hydrogen) atoms. The van der Waals surface area contributed by atoms with Gasteiger partial charge in [-0.05, 0) is 23.8 Å². The summed E-state index contributed by atoms with van der Waals surface area (Å²) in [6.07, 6.45) is 0.921. The lowest BCUT2D eigenvalue weighted by atomic mass is 10.1. The summed E-state index contributed by atoms with van der Waals surface area (Å²) in [4.78, 5) is 0. The molecule has 2 aromatic rings. The van der Waals surface area contributed by atoms with Gasteiger partial charge in [-0.15, -0.1) is 0 Å². The molecule has 3 nitrogen and oxygen atoms in total. The van der Waals surface area contributed by atoms with Crippen molar-refractivity contribution in [2.24, 2.45) is 0 Å². The van der Waals surface area contributed by atoms with Gasteiger partial charge in [-0.1, -0.05) is 35.9 Å². The molecule has 0 aliphatic carbocycles. The molecule has 1 N–H and O–H groups in total. The van der Waals surface area contributed by atoms with Gasteiger partial charge in [-0.25, -0.2) is 0 Å². The molecule has 1 aliphatic rings. The Bertz CT molecular complexity index is 615. The molecule has 0 amide bonds. The highest BCUT2D eigenvalue weighted by atomic mass is 35.5. The van der Waals surface area contributed by atoms with Crippen LogP contribution >= 0.6 is 11.6 Å². The van der Waals surface area contributed by atoms with Crippen LogP contribution in [0.25, 0.3) is 0 Å². The highest BCUT2D eigenvalue weighted by Crippen LogP contribution is 2.33. The second kappa shape index (κ2) is 6.83. The number of ether oxygens (including phenoxy) is 2. The number of halogens is 1. The first-order chi connectivity index (χ1) is 10.3. The lowest BCUT2D eigenvalue weighted by Gasteiger charge is -2.13. The Morgan fingerprint density at radius 3 is 2.76 bits per heavy atom. The smallest absolute Gasteiger partial charge is 0.165 e. The van der Waals surface area contributed by atoms with E-state index in [-0.39, 0.29) is 0 Å². The van der Waals surface area contributed by atoms with E-state index in [1.54, 1.807) is 0 Å². The molecule has 0 saturated heterocycles. The Kier molecular flexibility index (Phi) is 4.63. The normalized spacial score (nSPS) is 13.8. The Morgan fingerprint density at radius 2 is 1.86 bits per heavy atom. The Labute approximate surface area is 129 Å². The highest BCUT2D eigenvalue weighted by Gasteiger charge is 2.13. The van der Waals surface area contributed by atoms with E-state index in [0.29, 0.717) is 13.2 Å². The molecule has 0 saturated carbocycles. The van der Waals surface area contributed by atoms with E-state index in [1.165, 1.54) is 5.56 Å². The minimum Gasteiger partial charge on any atom is -0.490 e. The van der Waals surface area contributed by atoms with Crippen molar-refractivity contribution in [2.75, 3.05) is 13.2 Å². The quantitative estimate of drug-likeness (QED) is 0.932. The third kappa shape index (κ3) is 3.69. The SMILES string of the molecule is Clc1cccc(CNCc2cccc3c2OCCCO3)c1. The Balaban J connectivity index is 1.65. The van der Waals surface area contributed by atoms with Crippen LogP contribution in [-0.4, -0.2) is 13.2 Å². The second-order valence-electron chi connectivity index (χ2n) is 5.03.